The van der Waals surface area contributed by atoms with Gasteiger partial charge in [-0.25, -0.2) is 29.0 Å². The van der Waals surface area contributed by atoms with Crippen LogP contribution in [-0.4, -0.2) is 66.6 Å². The van der Waals surface area contributed by atoms with Gasteiger partial charge < -0.3 is 20.4 Å². The highest BCUT2D eigenvalue weighted by atomic mass is 32.2. The van der Waals surface area contributed by atoms with Crippen molar-refractivity contribution in [3.8, 4) is 22.3 Å². The van der Waals surface area contributed by atoms with Crippen molar-refractivity contribution >= 4 is 69.8 Å². The molecule has 0 spiro atoms. The van der Waals surface area contributed by atoms with Crippen LogP contribution in [0.2, 0.25) is 0 Å². The second-order valence-corrected chi connectivity index (χ2v) is 11.6. The van der Waals surface area contributed by atoms with Crippen LogP contribution in [-0.2, 0) is 0 Å². The summed E-state index contributed by atoms with van der Waals surface area (Å²) in [6.45, 7) is 2.96. The lowest BCUT2D eigenvalue weighted by Crippen LogP contribution is -2.26. The maximum Gasteiger partial charge on any atom is 0.354 e. The molecule has 2 heterocycles. The Hall–Kier alpha value is -5.10. The fraction of sp³-hybridized carbons (Fsp3) is 0.125. The molecule has 0 saturated heterocycles. The highest BCUT2D eigenvalue weighted by Crippen LogP contribution is 2.38. The molecule has 2 atom stereocenters. The number of carbonyl (C=O) groups is 4. The topological polar surface area (TPSA) is 223 Å². The van der Waals surface area contributed by atoms with Gasteiger partial charge in [-0.1, -0.05) is 48.5 Å². The maximum absolute atomic E-state index is 13.2. The fourth-order valence-electron chi connectivity index (χ4n) is 4.90. The average molecular weight is 689 g/mol. The van der Waals surface area contributed by atoms with Gasteiger partial charge in [0.25, 0.3) is 11.8 Å². The van der Waals surface area contributed by atoms with E-state index in [-0.39, 0.29) is 33.5 Å². The molecule has 2 aromatic heterocycles. The molecule has 0 fully saturated rings. The van der Waals surface area contributed by atoms with Crippen molar-refractivity contribution in [3.63, 3.8) is 0 Å². The van der Waals surface area contributed by atoms with Gasteiger partial charge in [-0.3, -0.25) is 19.0 Å². The molecule has 3 aromatic carbocycles. The summed E-state index contributed by atoms with van der Waals surface area (Å²) in [5.74, 6) is -3.80. The minimum atomic E-state index is -1.37. The molecule has 0 aliphatic carbocycles. The average Bonchev–Trinajstić information content (AvgIpc) is 3.06. The zero-order chi connectivity index (χ0) is 34.5. The van der Waals surface area contributed by atoms with Crippen molar-refractivity contribution in [2.24, 2.45) is 0 Å². The van der Waals surface area contributed by atoms with Crippen molar-refractivity contribution in [1.82, 2.24) is 28.9 Å². The Morgan fingerprint density at radius 2 is 0.979 bits per heavy atom. The summed E-state index contributed by atoms with van der Waals surface area (Å²) < 4.78 is 10.3. The largest absolute Gasteiger partial charge is 0.477 e. The number of benzene rings is 3. The molecular weight excluding hydrogens is 661 g/mol. The first kappa shape index (κ1) is 34.2. The Morgan fingerprint density at radius 3 is 1.33 bits per heavy atom. The third kappa shape index (κ3) is 7.38. The standard InChI is InChI=1S/C32H28N6O8S2/c1-15(39)35-47-37-29(41)21-9-5-3-7-17(21)23-13-25(31(43)44)33-27-19(23)11-12-20-24(14-26(32(45)46)34-28(20)27)18-8-4-6-10-22(18)30(42)38-48-36-16(2)40/h3-16,35-36,39-40H,1-2H3,(H,37,41)(H,38,42)(H,43,44)(H,45,46). The lowest BCUT2D eigenvalue weighted by atomic mass is 9.92. The lowest BCUT2D eigenvalue weighted by molar-refractivity contribution is 0.0680. The first-order valence-corrected chi connectivity index (χ1v) is 15.8. The third-order valence-electron chi connectivity index (χ3n) is 6.87. The van der Waals surface area contributed by atoms with Gasteiger partial charge in [0.2, 0.25) is 0 Å². The number of aromatic nitrogens is 2. The van der Waals surface area contributed by atoms with Crippen LogP contribution in [0.5, 0.6) is 0 Å². The number of carboxylic acids is 2. The van der Waals surface area contributed by atoms with E-state index >= 15 is 0 Å². The van der Waals surface area contributed by atoms with Gasteiger partial charge in [0.05, 0.1) is 11.0 Å². The molecule has 5 aromatic rings. The normalized spacial score (nSPS) is 12.4. The van der Waals surface area contributed by atoms with Crippen molar-refractivity contribution in [1.29, 1.82) is 0 Å². The van der Waals surface area contributed by atoms with Crippen molar-refractivity contribution in [2.75, 3.05) is 0 Å². The first-order valence-electron chi connectivity index (χ1n) is 14.2. The van der Waals surface area contributed by atoms with E-state index in [1.165, 1.54) is 26.0 Å². The number of carbonyl (C=O) groups excluding carboxylic acids is 2. The molecule has 14 nitrogen and oxygen atoms in total. The van der Waals surface area contributed by atoms with E-state index in [4.69, 9.17) is 0 Å². The highest BCUT2D eigenvalue weighted by Gasteiger charge is 2.23. The van der Waals surface area contributed by atoms with Crippen LogP contribution < -0.4 is 18.9 Å². The maximum atomic E-state index is 13.2. The van der Waals surface area contributed by atoms with Crippen LogP contribution in [0.1, 0.15) is 55.5 Å². The Bertz CT molecular complexity index is 1930. The predicted octanol–water partition coefficient (Wildman–Crippen LogP) is 3.96. The van der Waals surface area contributed by atoms with Crippen LogP contribution >= 0.6 is 24.3 Å². The number of amides is 2. The van der Waals surface area contributed by atoms with E-state index in [0.717, 1.165) is 24.3 Å². The SMILES string of the molecule is CC(O)NSNC(=O)c1ccccc1-c1cc(C(=O)O)nc2c1ccc1c(-c3ccccc3C(=O)NSNC(C)O)cc(C(=O)O)nc12. The van der Waals surface area contributed by atoms with Crippen LogP contribution in [0, 0.1) is 0 Å². The highest BCUT2D eigenvalue weighted by molar-refractivity contribution is 7.96. The van der Waals surface area contributed by atoms with Gasteiger partial charge >= 0.3 is 11.9 Å². The van der Waals surface area contributed by atoms with Crippen LogP contribution in [0.3, 0.4) is 0 Å². The third-order valence-corrected chi connectivity index (χ3v) is 8.36. The van der Waals surface area contributed by atoms with Gasteiger partial charge in [0.15, 0.2) is 0 Å². The van der Waals surface area contributed by atoms with Crippen molar-refractivity contribution < 1.29 is 39.6 Å². The van der Waals surface area contributed by atoms with Gasteiger partial charge in [-0.2, -0.15) is 0 Å². The van der Waals surface area contributed by atoms with Crippen molar-refractivity contribution in [2.45, 2.75) is 26.3 Å². The number of hydrogen-bond donors (Lipinski definition) is 8. The predicted molar refractivity (Wildman–Crippen MR) is 182 cm³/mol. The van der Waals surface area contributed by atoms with Gasteiger partial charge in [0.1, 0.15) is 23.8 Å². The second-order valence-electron chi connectivity index (χ2n) is 10.3. The summed E-state index contributed by atoms with van der Waals surface area (Å²) in [5, 5.41) is 39.8. The van der Waals surface area contributed by atoms with E-state index in [9.17, 15) is 39.6 Å². The fourth-order valence-corrected chi connectivity index (χ4v) is 5.77. The second kappa shape index (κ2) is 14.8. The van der Waals surface area contributed by atoms with E-state index in [1.807, 2.05) is 0 Å². The number of rotatable bonds is 12. The summed E-state index contributed by atoms with van der Waals surface area (Å²) in [6.07, 6.45) is -1.80. The Morgan fingerprint density at radius 1 is 0.604 bits per heavy atom. The minimum absolute atomic E-state index is 0.0609. The van der Waals surface area contributed by atoms with E-state index in [1.54, 1.807) is 60.7 Å². The van der Waals surface area contributed by atoms with Gasteiger partial charge in [0, 0.05) is 46.2 Å². The smallest absolute Gasteiger partial charge is 0.354 e. The number of aliphatic hydroxyl groups excluding tert-OH is 2. The molecule has 0 bridgehead atoms. The van der Waals surface area contributed by atoms with Crippen LogP contribution in [0.4, 0.5) is 0 Å². The number of aromatic carboxylic acids is 2. The molecule has 0 radical (unpaired) electrons. The molecule has 16 heteroatoms. The van der Waals surface area contributed by atoms with Gasteiger partial charge in [-0.15, -0.1) is 0 Å². The number of carboxylic acid groups (broad SMARTS) is 2. The molecule has 2 unspecified atom stereocenters. The molecule has 246 valence electrons. The number of nitrogens with one attached hydrogen (secondary N) is 4. The zero-order valence-corrected chi connectivity index (χ0v) is 26.8. The Labute approximate surface area is 281 Å². The van der Waals surface area contributed by atoms with E-state index in [0.29, 0.717) is 33.0 Å². The molecule has 0 aliphatic heterocycles. The summed E-state index contributed by atoms with van der Waals surface area (Å²) in [7, 11) is 0. The number of pyridine rings is 2. The van der Waals surface area contributed by atoms with Crippen molar-refractivity contribution in [3.05, 3.63) is 95.3 Å². The summed E-state index contributed by atoms with van der Waals surface area (Å²) in [6, 6.07) is 19.0. The van der Waals surface area contributed by atoms with E-state index in [2.05, 4.69) is 28.9 Å². The quantitative estimate of drug-likeness (QED) is 0.0528. The minimum Gasteiger partial charge on any atom is -0.477 e. The number of aliphatic hydroxyl groups is 2. The molecule has 2 amide bonds. The molecule has 48 heavy (non-hydrogen) atoms. The molecule has 0 saturated carbocycles. The Balaban J connectivity index is 1.75. The summed E-state index contributed by atoms with van der Waals surface area (Å²) >= 11 is 1.56. The molecule has 8 N–H and O–H groups in total. The Kier molecular flexibility index (Phi) is 10.5. The summed E-state index contributed by atoms with van der Waals surface area (Å²) in [5.41, 5.74) is 1.12. The van der Waals surface area contributed by atoms with Crippen LogP contribution in [0.15, 0.2) is 72.8 Å². The first-order chi connectivity index (χ1) is 23.0. The lowest BCUT2D eigenvalue weighted by Gasteiger charge is -2.16. The number of fused-ring (bicyclic) bond motifs is 3. The molecule has 0 aliphatic rings. The molecular formula is C32H28N6O8S2. The monoisotopic (exact) mass is 688 g/mol. The summed E-state index contributed by atoms with van der Waals surface area (Å²) in [4.78, 5) is 59.8. The van der Waals surface area contributed by atoms with Gasteiger partial charge in [-0.05, 0) is 60.4 Å². The van der Waals surface area contributed by atoms with Crippen LogP contribution in [0.25, 0.3) is 44.1 Å². The van der Waals surface area contributed by atoms with E-state index < -0.39 is 36.2 Å². The number of nitrogens with zero attached hydrogens (tertiary/aromatic N) is 2. The molecule has 5 rings (SSSR count). The zero-order valence-electron chi connectivity index (χ0n) is 25.2. The number of hydrogen-bond acceptors (Lipinski definition) is 12.